The maximum atomic E-state index is 11.4. The molecule has 1 unspecified atom stereocenters. The third-order valence-electron chi connectivity index (χ3n) is 4.02. The van der Waals surface area contributed by atoms with Gasteiger partial charge in [-0.1, -0.05) is 18.2 Å². The van der Waals surface area contributed by atoms with E-state index in [1.807, 2.05) is 6.07 Å². The van der Waals surface area contributed by atoms with Crippen molar-refractivity contribution >= 4 is 41.5 Å². The molecular weight excluding hydrogens is 454 g/mol. The highest BCUT2D eigenvalue weighted by molar-refractivity contribution is 5.87. The number of anilines is 1. The van der Waals surface area contributed by atoms with Gasteiger partial charge in [-0.3, -0.25) is 29.9 Å². The number of carboxylic acid groups (broad SMARTS) is 1. The lowest BCUT2D eigenvalue weighted by atomic mass is 9.96. The molecule has 1 aromatic rings. The van der Waals surface area contributed by atoms with Crippen LogP contribution in [-0.4, -0.2) is 71.9 Å². The number of amides is 2. The number of ether oxygens (including phenoxy) is 4. The summed E-state index contributed by atoms with van der Waals surface area (Å²) < 4.78 is 20.4. The first-order chi connectivity index (χ1) is 15.9. The number of para-hydroxylation sites is 1. The summed E-state index contributed by atoms with van der Waals surface area (Å²) >= 11 is 0. The topological polar surface area (TPSA) is 190 Å². The minimum atomic E-state index is -1.20. The Morgan fingerprint density at radius 2 is 1.50 bits per heavy atom. The van der Waals surface area contributed by atoms with Crippen LogP contribution in [0.15, 0.2) is 30.3 Å². The van der Waals surface area contributed by atoms with E-state index in [-0.39, 0.29) is 6.61 Å². The molecule has 13 nitrogen and oxygen atoms in total. The number of hydrogen-bond acceptors (Lipinski definition) is 10. The van der Waals surface area contributed by atoms with Gasteiger partial charge in [-0.05, 0) is 12.1 Å². The highest BCUT2D eigenvalue weighted by atomic mass is 16.6. The number of hydrogen-bond donors (Lipinski definition) is 4. The zero-order valence-electron chi connectivity index (χ0n) is 19.0. The molecule has 2 amide bonds. The van der Waals surface area contributed by atoms with Gasteiger partial charge < -0.3 is 29.4 Å². The van der Waals surface area contributed by atoms with E-state index in [1.165, 1.54) is 13.8 Å². The molecular formula is C21H27N3O10. The molecule has 4 N–H and O–H groups in total. The number of rotatable bonds is 6. The molecule has 2 rings (SSSR count). The summed E-state index contributed by atoms with van der Waals surface area (Å²) in [7, 11) is 0. The maximum Gasteiger partial charge on any atom is 0.409 e. The molecule has 1 heterocycles. The molecule has 1 saturated heterocycles. The Labute approximate surface area is 195 Å². The van der Waals surface area contributed by atoms with Gasteiger partial charge in [0.15, 0.2) is 18.3 Å². The van der Waals surface area contributed by atoms with Gasteiger partial charge >= 0.3 is 24.0 Å². The van der Waals surface area contributed by atoms with E-state index < -0.39 is 60.2 Å². The minimum absolute atomic E-state index is 0.319. The van der Waals surface area contributed by atoms with Gasteiger partial charge in [0.25, 0.3) is 0 Å². The van der Waals surface area contributed by atoms with Gasteiger partial charge in [-0.25, -0.2) is 4.79 Å². The molecule has 0 aliphatic carbocycles. The van der Waals surface area contributed by atoms with Gasteiger partial charge in [-0.2, -0.15) is 0 Å². The van der Waals surface area contributed by atoms with Crippen molar-refractivity contribution in [2.45, 2.75) is 52.0 Å². The molecule has 0 radical (unpaired) electrons. The summed E-state index contributed by atoms with van der Waals surface area (Å²) in [6.45, 7) is 4.35. The van der Waals surface area contributed by atoms with Gasteiger partial charge in [0.05, 0.1) is 0 Å². The molecule has 4 atom stereocenters. The average Bonchev–Trinajstić information content (AvgIpc) is 2.71. The molecule has 1 aliphatic heterocycles. The largest absolute Gasteiger partial charge is 0.468 e. The fourth-order valence-corrected chi connectivity index (χ4v) is 2.86. The smallest absolute Gasteiger partial charge is 0.409 e. The van der Waals surface area contributed by atoms with Crippen LogP contribution in [0.2, 0.25) is 0 Å². The highest BCUT2D eigenvalue weighted by Gasteiger charge is 2.49. The Kier molecular flexibility index (Phi) is 11.0. The average molecular weight is 481 g/mol. The van der Waals surface area contributed by atoms with Gasteiger partial charge in [0, 0.05) is 33.4 Å². The molecule has 34 heavy (non-hydrogen) atoms. The number of esters is 3. The SMILES string of the molecule is CC(=O)N[C@@H]1C(=N)OC(COC(C)=O)[C@@H](OC(C)=O)[C@@H]1OC(C)=O.O=C(O)Nc1ccccc1. The number of carbonyl (C=O) groups is 5. The first-order valence-electron chi connectivity index (χ1n) is 9.95. The molecule has 13 heteroatoms. The van der Waals surface area contributed by atoms with Crippen LogP contribution in [0.1, 0.15) is 27.7 Å². The van der Waals surface area contributed by atoms with Crippen molar-refractivity contribution in [3.05, 3.63) is 30.3 Å². The zero-order chi connectivity index (χ0) is 25.8. The van der Waals surface area contributed by atoms with Gasteiger partial charge in [-0.15, -0.1) is 0 Å². The summed E-state index contributed by atoms with van der Waals surface area (Å²) in [5.74, 6) is -2.89. The second-order valence-corrected chi connectivity index (χ2v) is 6.95. The predicted octanol–water partition coefficient (Wildman–Crippen LogP) is 1.07. The normalized spacial score (nSPS) is 20.9. The highest BCUT2D eigenvalue weighted by Crippen LogP contribution is 2.24. The van der Waals surface area contributed by atoms with Crippen LogP contribution in [0.5, 0.6) is 0 Å². The van der Waals surface area contributed by atoms with E-state index in [0.29, 0.717) is 5.69 Å². The summed E-state index contributed by atoms with van der Waals surface area (Å²) in [5, 5.41) is 20.8. The molecule has 0 spiro atoms. The standard InChI is InChI=1S/C14H20N2O8.C7H7NO2/c1-6(17)16-11-13(23-9(4)20)12(22-8(3)19)10(24-14(11)15)5-21-7(2)18;9-7(10)8-6-4-2-1-3-5-6/h10-13,15H,5H2,1-4H3,(H,16,17);1-5,8H,(H,9,10)/t10?,11-,12+,13+;/m0./s1. The third kappa shape index (κ3) is 9.97. The Morgan fingerprint density at radius 3 is 1.97 bits per heavy atom. The van der Waals surface area contributed by atoms with Crippen LogP contribution in [-0.2, 0) is 38.1 Å². The minimum Gasteiger partial charge on any atom is -0.468 e. The number of benzene rings is 1. The van der Waals surface area contributed by atoms with Crippen LogP contribution in [0.4, 0.5) is 10.5 Å². The lowest BCUT2D eigenvalue weighted by Crippen LogP contribution is -2.64. The van der Waals surface area contributed by atoms with E-state index in [4.69, 9.17) is 29.5 Å². The summed E-state index contributed by atoms with van der Waals surface area (Å²) in [6, 6.07) is 7.61. The molecule has 186 valence electrons. The first-order valence-corrected chi connectivity index (χ1v) is 9.95. The van der Waals surface area contributed by atoms with E-state index in [9.17, 15) is 24.0 Å². The fraction of sp³-hybridized carbons (Fsp3) is 0.429. The second kappa shape index (κ2) is 13.4. The lowest BCUT2D eigenvalue weighted by molar-refractivity contribution is -0.186. The summed E-state index contributed by atoms with van der Waals surface area (Å²) in [4.78, 5) is 55.1. The Balaban J connectivity index is 0.000000479. The molecule has 1 aromatic carbocycles. The second-order valence-electron chi connectivity index (χ2n) is 6.95. The molecule has 0 aromatic heterocycles. The molecule has 0 bridgehead atoms. The Hall–Kier alpha value is -4.16. The molecule has 1 aliphatic rings. The quantitative estimate of drug-likeness (QED) is 0.338. The van der Waals surface area contributed by atoms with Crippen molar-refractivity contribution in [2.24, 2.45) is 0 Å². The molecule has 1 fully saturated rings. The Morgan fingerprint density at radius 1 is 0.941 bits per heavy atom. The predicted molar refractivity (Wildman–Crippen MR) is 116 cm³/mol. The van der Waals surface area contributed by atoms with E-state index in [0.717, 1.165) is 13.8 Å². The van der Waals surface area contributed by atoms with Crippen molar-refractivity contribution in [3.63, 3.8) is 0 Å². The van der Waals surface area contributed by atoms with Crippen molar-refractivity contribution in [1.29, 1.82) is 5.41 Å². The van der Waals surface area contributed by atoms with Crippen LogP contribution in [0.25, 0.3) is 0 Å². The lowest BCUT2D eigenvalue weighted by Gasteiger charge is -2.41. The van der Waals surface area contributed by atoms with Crippen LogP contribution in [0.3, 0.4) is 0 Å². The van der Waals surface area contributed by atoms with Crippen molar-refractivity contribution in [3.8, 4) is 0 Å². The van der Waals surface area contributed by atoms with Gasteiger partial charge in [0.2, 0.25) is 11.8 Å². The Bertz CT molecular complexity index is 905. The van der Waals surface area contributed by atoms with Crippen LogP contribution in [0, 0.1) is 5.41 Å². The van der Waals surface area contributed by atoms with Crippen molar-refractivity contribution < 1.29 is 48.0 Å². The maximum absolute atomic E-state index is 11.4. The van der Waals surface area contributed by atoms with Crippen LogP contribution >= 0.6 is 0 Å². The van der Waals surface area contributed by atoms with E-state index in [1.54, 1.807) is 24.3 Å². The summed E-state index contributed by atoms with van der Waals surface area (Å²) in [6.07, 6.45) is -4.46. The third-order valence-corrected chi connectivity index (χ3v) is 4.02. The van der Waals surface area contributed by atoms with E-state index in [2.05, 4.69) is 10.6 Å². The molecule has 0 saturated carbocycles. The van der Waals surface area contributed by atoms with Crippen molar-refractivity contribution in [1.82, 2.24) is 5.32 Å². The first kappa shape index (κ1) is 27.9. The zero-order valence-corrected chi connectivity index (χ0v) is 19.0. The summed E-state index contributed by atoms with van der Waals surface area (Å²) in [5.41, 5.74) is 0.593. The number of carbonyl (C=O) groups excluding carboxylic acids is 4. The monoisotopic (exact) mass is 481 g/mol. The van der Waals surface area contributed by atoms with E-state index >= 15 is 0 Å². The van der Waals surface area contributed by atoms with Gasteiger partial charge in [0.1, 0.15) is 12.6 Å². The van der Waals surface area contributed by atoms with Crippen molar-refractivity contribution in [2.75, 3.05) is 11.9 Å². The van der Waals surface area contributed by atoms with Crippen LogP contribution < -0.4 is 10.6 Å². The fourth-order valence-electron chi connectivity index (χ4n) is 2.86. The number of nitrogens with one attached hydrogen (secondary N) is 3.